The van der Waals surface area contributed by atoms with Crippen LogP contribution in [0.5, 0.6) is 0 Å². The molecule has 1 N–H and O–H groups in total. The van der Waals surface area contributed by atoms with Crippen molar-refractivity contribution < 1.29 is 23.1 Å². The molecule has 0 atom stereocenters. The van der Waals surface area contributed by atoms with E-state index in [4.69, 9.17) is 5.11 Å². The highest BCUT2D eigenvalue weighted by molar-refractivity contribution is 5.69. The van der Waals surface area contributed by atoms with Gasteiger partial charge in [-0.2, -0.15) is 13.2 Å². The summed E-state index contributed by atoms with van der Waals surface area (Å²) in [5.74, 6) is -0.918. The number of aliphatic carboxylic acids is 1. The van der Waals surface area contributed by atoms with E-state index in [1.165, 1.54) is 12.1 Å². The van der Waals surface area contributed by atoms with Crippen molar-refractivity contribution in [2.24, 2.45) is 0 Å². The van der Waals surface area contributed by atoms with Crippen LogP contribution in [0, 0.1) is 0 Å². The van der Waals surface area contributed by atoms with Crippen LogP contribution in [0.4, 0.5) is 13.2 Å². The van der Waals surface area contributed by atoms with E-state index < -0.39 is 17.7 Å². The normalized spacial score (nSPS) is 15.8. The van der Waals surface area contributed by atoms with Crippen LogP contribution in [0.2, 0.25) is 0 Å². The average molecular weight is 273 g/mol. The molecule has 0 saturated heterocycles. The molecule has 0 heterocycles. The number of carboxylic acid groups (broad SMARTS) is 1. The van der Waals surface area contributed by atoms with Gasteiger partial charge in [-0.1, -0.05) is 12.1 Å². The number of rotatable bonds is 5. The van der Waals surface area contributed by atoms with Crippen molar-refractivity contribution in [3.8, 4) is 0 Å². The topological polar surface area (TPSA) is 40.5 Å². The molecule has 0 unspecified atom stereocenters. The van der Waals surface area contributed by atoms with Crippen LogP contribution >= 0.6 is 0 Å². The van der Waals surface area contributed by atoms with Crippen LogP contribution in [0.3, 0.4) is 0 Å². The summed E-state index contributed by atoms with van der Waals surface area (Å²) in [6.45, 7) is 0.292. The second-order valence-corrected chi connectivity index (χ2v) is 4.72. The lowest BCUT2D eigenvalue weighted by atomic mass is 10.1. The second-order valence-electron chi connectivity index (χ2n) is 4.72. The molecule has 1 aromatic carbocycles. The third kappa shape index (κ3) is 3.96. The summed E-state index contributed by atoms with van der Waals surface area (Å²) in [6, 6.07) is 5.11. The minimum absolute atomic E-state index is 0.0777. The first kappa shape index (κ1) is 13.9. The molecule has 0 aromatic heterocycles. The van der Waals surface area contributed by atoms with Gasteiger partial charge in [0.15, 0.2) is 0 Å². The molecule has 1 aliphatic rings. The zero-order chi connectivity index (χ0) is 14.0. The van der Waals surface area contributed by atoms with E-state index in [1.54, 1.807) is 4.90 Å². The molecule has 1 saturated carbocycles. The maximum absolute atomic E-state index is 12.4. The van der Waals surface area contributed by atoms with E-state index in [9.17, 15) is 18.0 Å². The summed E-state index contributed by atoms with van der Waals surface area (Å²) in [5.41, 5.74) is 0.00797. The summed E-state index contributed by atoms with van der Waals surface area (Å²) >= 11 is 0. The summed E-state index contributed by atoms with van der Waals surface area (Å²) in [5, 5.41) is 8.80. The molecule has 19 heavy (non-hydrogen) atoms. The SMILES string of the molecule is O=C(O)CN(Cc1ccc(C(F)(F)F)cc1)C1CC1. The van der Waals surface area contributed by atoms with Crippen LogP contribution in [-0.2, 0) is 17.5 Å². The van der Waals surface area contributed by atoms with Gasteiger partial charge in [-0.15, -0.1) is 0 Å². The third-order valence-electron chi connectivity index (χ3n) is 3.07. The smallest absolute Gasteiger partial charge is 0.416 e. The lowest BCUT2D eigenvalue weighted by molar-refractivity contribution is -0.139. The predicted molar refractivity (Wildman–Crippen MR) is 62.5 cm³/mol. The molecule has 104 valence electrons. The largest absolute Gasteiger partial charge is 0.480 e. The van der Waals surface area contributed by atoms with E-state index in [2.05, 4.69) is 0 Å². The molecular formula is C13H14F3NO2. The van der Waals surface area contributed by atoms with Gasteiger partial charge in [0.1, 0.15) is 0 Å². The summed E-state index contributed by atoms with van der Waals surface area (Å²) in [6.07, 6.45) is -2.43. The lowest BCUT2D eigenvalue weighted by Gasteiger charge is -2.19. The fourth-order valence-corrected chi connectivity index (χ4v) is 1.96. The quantitative estimate of drug-likeness (QED) is 0.896. The van der Waals surface area contributed by atoms with E-state index in [-0.39, 0.29) is 12.6 Å². The highest BCUT2D eigenvalue weighted by Gasteiger charge is 2.31. The van der Waals surface area contributed by atoms with Crippen molar-refractivity contribution in [1.29, 1.82) is 0 Å². The maximum Gasteiger partial charge on any atom is 0.416 e. The number of carboxylic acids is 1. The van der Waals surface area contributed by atoms with Crippen LogP contribution in [0.25, 0.3) is 0 Å². The number of hydrogen-bond donors (Lipinski definition) is 1. The molecule has 0 radical (unpaired) electrons. The van der Waals surface area contributed by atoms with Crippen molar-refractivity contribution in [1.82, 2.24) is 4.90 Å². The summed E-state index contributed by atoms with van der Waals surface area (Å²) < 4.78 is 37.2. The molecule has 2 rings (SSSR count). The second kappa shape index (κ2) is 5.21. The Kier molecular flexibility index (Phi) is 3.80. The monoisotopic (exact) mass is 273 g/mol. The Bertz CT molecular complexity index is 452. The fourth-order valence-electron chi connectivity index (χ4n) is 1.96. The first-order valence-electron chi connectivity index (χ1n) is 5.98. The third-order valence-corrected chi connectivity index (χ3v) is 3.07. The van der Waals surface area contributed by atoms with E-state index in [0.29, 0.717) is 12.1 Å². The molecule has 1 aromatic rings. The number of carbonyl (C=O) groups is 1. The highest BCUT2D eigenvalue weighted by Crippen LogP contribution is 2.30. The zero-order valence-electron chi connectivity index (χ0n) is 10.2. The Labute approximate surface area is 108 Å². The minimum Gasteiger partial charge on any atom is -0.480 e. The Morgan fingerprint density at radius 2 is 1.84 bits per heavy atom. The molecule has 0 bridgehead atoms. The molecule has 0 amide bonds. The van der Waals surface area contributed by atoms with Gasteiger partial charge in [0.2, 0.25) is 0 Å². The molecule has 1 aliphatic carbocycles. The van der Waals surface area contributed by atoms with Crippen molar-refractivity contribution in [2.45, 2.75) is 31.6 Å². The van der Waals surface area contributed by atoms with Gasteiger partial charge in [0, 0.05) is 12.6 Å². The first-order valence-corrected chi connectivity index (χ1v) is 5.98. The molecule has 0 aliphatic heterocycles. The molecule has 6 heteroatoms. The highest BCUT2D eigenvalue weighted by atomic mass is 19.4. The van der Waals surface area contributed by atoms with Gasteiger partial charge in [-0.3, -0.25) is 9.69 Å². The van der Waals surface area contributed by atoms with Gasteiger partial charge in [-0.05, 0) is 30.5 Å². The Hall–Kier alpha value is -1.56. The molecule has 3 nitrogen and oxygen atoms in total. The van der Waals surface area contributed by atoms with E-state index in [1.807, 2.05) is 0 Å². The average Bonchev–Trinajstić information content (AvgIpc) is 3.10. The standard InChI is InChI=1S/C13H14F3NO2/c14-13(15,16)10-3-1-9(2-4-10)7-17(8-12(18)19)11-5-6-11/h1-4,11H,5-8H2,(H,18,19). The van der Waals surface area contributed by atoms with Gasteiger partial charge >= 0.3 is 12.1 Å². The van der Waals surface area contributed by atoms with Gasteiger partial charge in [0.25, 0.3) is 0 Å². The van der Waals surface area contributed by atoms with E-state index >= 15 is 0 Å². The number of hydrogen-bond acceptors (Lipinski definition) is 2. The summed E-state index contributed by atoms with van der Waals surface area (Å²) in [4.78, 5) is 12.5. The van der Waals surface area contributed by atoms with Crippen LogP contribution < -0.4 is 0 Å². The molecule has 1 fully saturated rings. The zero-order valence-corrected chi connectivity index (χ0v) is 10.2. The minimum atomic E-state index is -4.34. The lowest BCUT2D eigenvalue weighted by Crippen LogP contribution is -2.31. The van der Waals surface area contributed by atoms with E-state index in [0.717, 1.165) is 25.0 Å². The van der Waals surface area contributed by atoms with Crippen molar-refractivity contribution in [2.75, 3.05) is 6.54 Å². The molecule has 0 spiro atoms. The Balaban J connectivity index is 2.03. The summed E-state index contributed by atoms with van der Waals surface area (Å²) in [7, 11) is 0. The number of halogens is 3. The van der Waals surface area contributed by atoms with Crippen LogP contribution in [0.15, 0.2) is 24.3 Å². The van der Waals surface area contributed by atoms with Gasteiger partial charge in [-0.25, -0.2) is 0 Å². The number of nitrogens with zero attached hydrogens (tertiary/aromatic N) is 1. The Morgan fingerprint density at radius 1 is 1.26 bits per heavy atom. The maximum atomic E-state index is 12.4. The first-order chi connectivity index (χ1) is 8.86. The van der Waals surface area contributed by atoms with Crippen LogP contribution in [0.1, 0.15) is 24.0 Å². The fraction of sp³-hybridized carbons (Fsp3) is 0.462. The van der Waals surface area contributed by atoms with Crippen molar-refractivity contribution in [3.63, 3.8) is 0 Å². The predicted octanol–water partition coefficient (Wildman–Crippen LogP) is 2.75. The van der Waals surface area contributed by atoms with Crippen LogP contribution in [-0.4, -0.2) is 28.6 Å². The van der Waals surface area contributed by atoms with Gasteiger partial charge in [0.05, 0.1) is 12.1 Å². The van der Waals surface area contributed by atoms with Gasteiger partial charge < -0.3 is 5.11 Å². The molecular weight excluding hydrogens is 259 g/mol. The number of benzene rings is 1. The van der Waals surface area contributed by atoms with Crippen molar-refractivity contribution in [3.05, 3.63) is 35.4 Å². The number of alkyl halides is 3. The Morgan fingerprint density at radius 3 is 2.26 bits per heavy atom. The van der Waals surface area contributed by atoms with Crippen molar-refractivity contribution >= 4 is 5.97 Å².